The molecule has 0 fully saturated rings. The van der Waals surface area contributed by atoms with Gasteiger partial charge in [-0.05, 0) is 59.3 Å². The second-order valence-electron chi connectivity index (χ2n) is 7.97. The van der Waals surface area contributed by atoms with Crippen molar-refractivity contribution in [2.75, 3.05) is 5.32 Å². The molecule has 2 N–H and O–H groups in total. The lowest BCUT2D eigenvalue weighted by atomic mass is 9.86. The van der Waals surface area contributed by atoms with Crippen LogP contribution in [0, 0.1) is 0 Å². The van der Waals surface area contributed by atoms with Gasteiger partial charge in [0.25, 0.3) is 0 Å². The number of hydrogen-bond acceptors (Lipinski definition) is 1. The van der Waals surface area contributed by atoms with Crippen LogP contribution in [0.25, 0.3) is 0 Å². The Balaban J connectivity index is 1.95. The molecule has 0 aliphatic heterocycles. The summed E-state index contributed by atoms with van der Waals surface area (Å²) in [5, 5.41) is 7.27. The number of thiocarbonyl (C=S) groups is 1. The summed E-state index contributed by atoms with van der Waals surface area (Å²) < 4.78 is 0. The summed E-state index contributed by atoms with van der Waals surface area (Å²) in [4.78, 5) is 0. The highest BCUT2D eigenvalue weighted by Crippen LogP contribution is 2.24. The van der Waals surface area contributed by atoms with Crippen molar-refractivity contribution in [3.63, 3.8) is 0 Å². The van der Waals surface area contributed by atoms with Crippen molar-refractivity contribution < 1.29 is 0 Å². The summed E-state index contributed by atoms with van der Waals surface area (Å²) in [6, 6.07) is 17.4. The molecule has 0 heterocycles. The van der Waals surface area contributed by atoms with Gasteiger partial charge in [-0.1, -0.05) is 71.0 Å². The number of hydrogen-bond donors (Lipinski definition) is 2. The maximum atomic E-state index is 5.46. The molecule has 0 aliphatic rings. The van der Waals surface area contributed by atoms with Gasteiger partial charge in [0.15, 0.2) is 5.11 Å². The van der Waals surface area contributed by atoms with Crippen LogP contribution >= 0.6 is 12.2 Å². The minimum atomic E-state index is 0.156. The van der Waals surface area contributed by atoms with E-state index in [9.17, 15) is 0 Å². The predicted octanol–water partition coefficient (Wildman–Crippen LogP) is 6.16. The minimum absolute atomic E-state index is 0.156. The predicted molar refractivity (Wildman–Crippen MR) is 113 cm³/mol. The fourth-order valence-corrected chi connectivity index (χ4v) is 2.96. The summed E-state index contributed by atoms with van der Waals surface area (Å²) >= 11 is 5.46. The third-order valence-electron chi connectivity index (χ3n) is 4.46. The third kappa shape index (κ3) is 5.57. The monoisotopic (exact) mass is 354 g/mol. The summed E-state index contributed by atoms with van der Waals surface area (Å²) in [7, 11) is 0. The molecule has 2 nitrogen and oxygen atoms in total. The van der Waals surface area contributed by atoms with Crippen LogP contribution < -0.4 is 10.6 Å². The maximum absolute atomic E-state index is 5.46. The maximum Gasteiger partial charge on any atom is 0.171 e. The second kappa shape index (κ2) is 8.01. The fourth-order valence-electron chi connectivity index (χ4n) is 2.67. The van der Waals surface area contributed by atoms with Crippen LogP contribution in [0.1, 0.15) is 70.2 Å². The van der Waals surface area contributed by atoms with Crippen LogP contribution in [0.5, 0.6) is 0 Å². The molecule has 2 aromatic rings. The van der Waals surface area contributed by atoms with Gasteiger partial charge in [-0.25, -0.2) is 0 Å². The molecule has 0 saturated heterocycles. The molecular formula is C22H30N2S. The molecule has 0 aliphatic carbocycles. The van der Waals surface area contributed by atoms with Crippen molar-refractivity contribution in [2.45, 2.75) is 58.9 Å². The Kier molecular flexibility index (Phi) is 6.23. The zero-order valence-corrected chi connectivity index (χ0v) is 17.0. The lowest BCUT2D eigenvalue weighted by Crippen LogP contribution is -2.30. The molecule has 2 aromatic carbocycles. The molecule has 0 spiro atoms. The van der Waals surface area contributed by atoms with Gasteiger partial charge in [-0.3, -0.25) is 0 Å². The zero-order chi connectivity index (χ0) is 18.6. The van der Waals surface area contributed by atoms with E-state index in [1.54, 1.807) is 0 Å². The van der Waals surface area contributed by atoms with Crippen molar-refractivity contribution in [3.8, 4) is 0 Å². The summed E-state index contributed by atoms with van der Waals surface area (Å²) in [5.41, 5.74) is 5.09. The van der Waals surface area contributed by atoms with Gasteiger partial charge in [-0.2, -0.15) is 0 Å². The molecule has 2 rings (SSSR count). The van der Waals surface area contributed by atoms with Gasteiger partial charge >= 0.3 is 0 Å². The lowest BCUT2D eigenvalue weighted by molar-refractivity contribution is 0.589. The van der Waals surface area contributed by atoms with Gasteiger partial charge in [0, 0.05) is 5.69 Å². The Labute approximate surface area is 158 Å². The van der Waals surface area contributed by atoms with E-state index in [4.69, 9.17) is 12.2 Å². The zero-order valence-electron chi connectivity index (χ0n) is 16.2. The molecule has 1 atom stereocenters. The van der Waals surface area contributed by atoms with Crippen LogP contribution in [-0.4, -0.2) is 5.11 Å². The molecule has 0 aromatic heterocycles. The average molecular weight is 355 g/mol. The average Bonchev–Trinajstić information content (AvgIpc) is 2.54. The van der Waals surface area contributed by atoms with Crippen LogP contribution in [-0.2, 0) is 5.41 Å². The van der Waals surface area contributed by atoms with E-state index in [1.807, 2.05) is 0 Å². The highest BCUT2D eigenvalue weighted by atomic mass is 32.1. The van der Waals surface area contributed by atoms with Crippen molar-refractivity contribution in [1.29, 1.82) is 0 Å². The van der Waals surface area contributed by atoms with Crippen molar-refractivity contribution in [3.05, 3.63) is 65.2 Å². The lowest BCUT2D eigenvalue weighted by Gasteiger charge is -2.21. The topological polar surface area (TPSA) is 24.1 Å². The first kappa shape index (κ1) is 19.5. The van der Waals surface area contributed by atoms with Crippen molar-refractivity contribution in [2.24, 2.45) is 0 Å². The van der Waals surface area contributed by atoms with Gasteiger partial charge in [0.1, 0.15) is 0 Å². The van der Waals surface area contributed by atoms with Gasteiger partial charge < -0.3 is 10.6 Å². The molecule has 0 unspecified atom stereocenters. The molecule has 0 radical (unpaired) electrons. The molecule has 0 saturated carbocycles. The van der Waals surface area contributed by atoms with Crippen molar-refractivity contribution >= 4 is 23.0 Å². The highest BCUT2D eigenvalue weighted by Gasteiger charge is 2.14. The molecular weight excluding hydrogens is 324 g/mol. The molecule has 3 heteroatoms. The first-order chi connectivity index (χ1) is 11.7. The number of benzene rings is 2. The number of nitrogens with one attached hydrogen (secondary N) is 2. The summed E-state index contributed by atoms with van der Waals surface area (Å²) in [5.74, 6) is 0.537. The number of rotatable bonds is 4. The first-order valence-corrected chi connectivity index (χ1v) is 9.35. The van der Waals surface area contributed by atoms with E-state index >= 15 is 0 Å². The summed E-state index contributed by atoms with van der Waals surface area (Å²) in [6.45, 7) is 13.2. The third-order valence-corrected chi connectivity index (χ3v) is 4.68. The second-order valence-corrected chi connectivity index (χ2v) is 8.38. The fraction of sp³-hybridized carbons (Fsp3) is 0.409. The standard InChI is InChI=1S/C22H30N2S/c1-15(2)17-9-13-20(14-10-17)24-21(25)23-16(3)18-7-11-19(12-8-18)22(4,5)6/h7-16H,1-6H3,(H2,23,24,25)/t16-/m1/s1. The molecule has 0 bridgehead atoms. The molecule has 25 heavy (non-hydrogen) atoms. The first-order valence-electron chi connectivity index (χ1n) is 8.94. The Morgan fingerprint density at radius 3 is 1.84 bits per heavy atom. The van der Waals surface area contributed by atoms with Crippen LogP contribution in [0.3, 0.4) is 0 Å². The van der Waals surface area contributed by atoms with Gasteiger partial charge in [0.2, 0.25) is 0 Å². The largest absolute Gasteiger partial charge is 0.356 e. The Morgan fingerprint density at radius 2 is 1.36 bits per heavy atom. The minimum Gasteiger partial charge on any atom is -0.356 e. The summed E-state index contributed by atoms with van der Waals surface area (Å²) in [6.07, 6.45) is 0. The van der Waals surface area contributed by atoms with E-state index < -0.39 is 0 Å². The van der Waals surface area contributed by atoms with E-state index in [1.165, 1.54) is 16.7 Å². The van der Waals surface area contributed by atoms with E-state index in [0.717, 1.165) is 5.69 Å². The normalized spacial score (nSPS) is 12.8. The van der Waals surface area contributed by atoms with Gasteiger partial charge in [0.05, 0.1) is 6.04 Å². The van der Waals surface area contributed by atoms with Crippen LogP contribution in [0.15, 0.2) is 48.5 Å². The molecule has 134 valence electrons. The Bertz CT molecular complexity index is 694. The quantitative estimate of drug-likeness (QED) is 0.643. The smallest absolute Gasteiger partial charge is 0.171 e. The van der Waals surface area contributed by atoms with Crippen molar-refractivity contribution in [1.82, 2.24) is 5.32 Å². The highest BCUT2D eigenvalue weighted by molar-refractivity contribution is 7.80. The van der Waals surface area contributed by atoms with E-state index in [2.05, 4.69) is 101 Å². The van der Waals surface area contributed by atoms with Gasteiger partial charge in [-0.15, -0.1) is 0 Å². The van der Waals surface area contributed by atoms with Crippen LogP contribution in [0.4, 0.5) is 5.69 Å². The Morgan fingerprint density at radius 1 is 0.840 bits per heavy atom. The van der Waals surface area contributed by atoms with E-state index in [-0.39, 0.29) is 11.5 Å². The van der Waals surface area contributed by atoms with E-state index in [0.29, 0.717) is 11.0 Å². The SMILES string of the molecule is CC(C)c1ccc(NC(=S)N[C@H](C)c2ccc(C(C)(C)C)cc2)cc1. The number of anilines is 1. The molecule has 0 amide bonds. The Hall–Kier alpha value is -1.87. The van der Waals surface area contributed by atoms with Crippen LogP contribution in [0.2, 0.25) is 0 Å².